The molecule has 1 heterocycles. The van der Waals surface area contributed by atoms with E-state index in [1.807, 2.05) is 0 Å². The third kappa shape index (κ3) is 2.69. The van der Waals surface area contributed by atoms with Gasteiger partial charge in [0.2, 0.25) is 0 Å². The molecule has 0 aromatic carbocycles. The lowest BCUT2D eigenvalue weighted by Crippen LogP contribution is -2.62. The Morgan fingerprint density at radius 2 is 1.87 bits per heavy atom. The van der Waals surface area contributed by atoms with Crippen LogP contribution in [-0.4, -0.2) is 32.0 Å². The van der Waals surface area contributed by atoms with Gasteiger partial charge in [-0.3, -0.25) is 11.3 Å². The van der Waals surface area contributed by atoms with Gasteiger partial charge in [-0.25, -0.2) is 0 Å². The van der Waals surface area contributed by atoms with Gasteiger partial charge in [-0.1, -0.05) is 20.8 Å². The van der Waals surface area contributed by atoms with Crippen LogP contribution in [0.5, 0.6) is 0 Å². The van der Waals surface area contributed by atoms with Crippen LogP contribution in [0, 0.1) is 5.41 Å². The zero-order valence-electron chi connectivity index (χ0n) is 10.3. The molecule has 0 spiro atoms. The van der Waals surface area contributed by atoms with Crippen LogP contribution in [-0.2, 0) is 9.47 Å². The summed E-state index contributed by atoms with van der Waals surface area (Å²) in [5.41, 5.74) is 2.81. The summed E-state index contributed by atoms with van der Waals surface area (Å²) in [4.78, 5) is 0. The summed E-state index contributed by atoms with van der Waals surface area (Å²) >= 11 is 0. The zero-order chi connectivity index (χ0) is 11.5. The lowest BCUT2D eigenvalue weighted by Gasteiger charge is -2.47. The Bertz CT molecular complexity index is 195. The quantitative estimate of drug-likeness (QED) is 0.547. The highest BCUT2D eigenvalue weighted by Gasteiger charge is 2.45. The molecule has 1 saturated heterocycles. The minimum atomic E-state index is -0.189. The molecule has 1 rings (SSSR count). The molecule has 0 aromatic rings. The lowest BCUT2D eigenvalue weighted by molar-refractivity contribution is -0.129. The van der Waals surface area contributed by atoms with Crippen molar-refractivity contribution in [2.45, 2.75) is 45.3 Å². The van der Waals surface area contributed by atoms with Crippen LogP contribution in [0.3, 0.4) is 0 Å². The van der Waals surface area contributed by atoms with Crippen molar-refractivity contribution < 1.29 is 9.47 Å². The number of methoxy groups -OCH3 is 1. The SMILES string of the molecule is COC1(C(NN)C(C)(C)C)CCOCC1. The molecule has 4 heteroatoms. The van der Waals surface area contributed by atoms with E-state index in [0.29, 0.717) is 0 Å². The van der Waals surface area contributed by atoms with E-state index in [1.54, 1.807) is 7.11 Å². The molecule has 1 atom stereocenters. The number of hydrogen-bond acceptors (Lipinski definition) is 4. The smallest absolute Gasteiger partial charge is 0.0893 e. The van der Waals surface area contributed by atoms with Gasteiger partial charge in [0, 0.05) is 33.2 Å². The standard InChI is InChI=1S/C11H24N2O2/c1-10(2,3)9(13-12)11(14-4)5-7-15-8-6-11/h9,13H,5-8,12H2,1-4H3. The average molecular weight is 216 g/mol. The molecule has 90 valence electrons. The van der Waals surface area contributed by atoms with Crippen molar-refractivity contribution >= 4 is 0 Å². The van der Waals surface area contributed by atoms with E-state index in [1.165, 1.54) is 0 Å². The van der Waals surface area contributed by atoms with Crippen molar-refractivity contribution in [2.75, 3.05) is 20.3 Å². The third-order valence-electron chi connectivity index (χ3n) is 3.30. The second-order valence-corrected chi connectivity index (χ2v) is 5.35. The summed E-state index contributed by atoms with van der Waals surface area (Å²) in [6, 6.07) is 0.138. The molecule has 4 nitrogen and oxygen atoms in total. The number of hydrazine groups is 1. The number of nitrogens with one attached hydrogen (secondary N) is 1. The highest BCUT2D eigenvalue weighted by atomic mass is 16.5. The lowest BCUT2D eigenvalue weighted by atomic mass is 9.73. The van der Waals surface area contributed by atoms with E-state index < -0.39 is 0 Å². The van der Waals surface area contributed by atoms with Gasteiger partial charge >= 0.3 is 0 Å². The van der Waals surface area contributed by atoms with Crippen molar-refractivity contribution in [3.63, 3.8) is 0 Å². The van der Waals surface area contributed by atoms with Crippen LogP contribution >= 0.6 is 0 Å². The molecule has 1 fully saturated rings. The van der Waals surface area contributed by atoms with Gasteiger partial charge in [0.05, 0.1) is 11.6 Å². The maximum Gasteiger partial charge on any atom is 0.0893 e. The van der Waals surface area contributed by atoms with Crippen LogP contribution < -0.4 is 11.3 Å². The molecular formula is C11H24N2O2. The summed E-state index contributed by atoms with van der Waals surface area (Å²) in [5.74, 6) is 5.68. The Hall–Kier alpha value is -0.160. The Morgan fingerprint density at radius 1 is 1.33 bits per heavy atom. The Kier molecular flexibility index (Phi) is 4.12. The van der Waals surface area contributed by atoms with E-state index in [-0.39, 0.29) is 17.1 Å². The summed E-state index contributed by atoms with van der Waals surface area (Å²) in [6.45, 7) is 8.03. The number of rotatable bonds is 3. The first kappa shape index (κ1) is 12.9. The highest BCUT2D eigenvalue weighted by molar-refractivity contribution is 4.99. The van der Waals surface area contributed by atoms with Crippen LogP contribution in [0.2, 0.25) is 0 Å². The molecule has 3 N–H and O–H groups in total. The molecule has 1 unspecified atom stereocenters. The van der Waals surface area contributed by atoms with Crippen LogP contribution in [0.25, 0.3) is 0 Å². The molecule has 0 aliphatic carbocycles. The molecule has 0 bridgehead atoms. The van der Waals surface area contributed by atoms with Crippen LogP contribution in [0.15, 0.2) is 0 Å². The van der Waals surface area contributed by atoms with Gasteiger partial charge in [0.25, 0.3) is 0 Å². The predicted molar refractivity (Wildman–Crippen MR) is 60.4 cm³/mol. The number of ether oxygens (including phenoxy) is 2. The highest BCUT2D eigenvalue weighted by Crippen LogP contribution is 2.36. The van der Waals surface area contributed by atoms with Gasteiger partial charge in [-0.2, -0.15) is 0 Å². The van der Waals surface area contributed by atoms with E-state index in [0.717, 1.165) is 26.1 Å². The fourth-order valence-corrected chi connectivity index (χ4v) is 2.52. The summed E-state index contributed by atoms with van der Waals surface area (Å²) in [5, 5.41) is 0. The van der Waals surface area contributed by atoms with Gasteiger partial charge in [0.15, 0.2) is 0 Å². The van der Waals surface area contributed by atoms with E-state index in [9.17, 15) is 0 Å². The monoisotopic (exact) mass is 216 g/mol. The number of hydrogen-bond donors (Lipinski definition) is 2. The van der Waals surface area contributed by atoms with Gasteiger partial charge in [-0.15, -0.1) is 0 Å². The minimum Gasteiger partial charge on any atom is -0.381 e. The molecule has 15 heavy (non-hydrogen) atoms. The fraction of sp³-hybridized carbons (Fsp3) is 1.00. The van der Waals surface area contributed by atoms with E-state index in [2.05, 4.69) is 26.2 Å². The van der Waals surface area contributed by atoms with Gasteiger partial charge in [0.1, 0.15) is 0 Å². The maximum absolute atomic E-state index is 5.74. The topological polar surface area (TPSA) is 56.5 Å². The Morgan fingerprint density at radius 3 is 2.20 bits per heavy atom. The molecule has 0 amide bonds. The average Bonchev–Trinajstić information content (AvgIpc) is 2.18. The van der Waals surface area contributed by atoms with Gasteiger partial charge < -0.3 is 9.47 Å². The van der Waals surface area contributed by atoms with Crippen molar-refractivity contribution in [2.24, 2.45) is 11.3 Å². The van der Waals surface area contributed by atoms with Crippen LogP contribution in [0.4, 0.5) is 0 Å². The molecule has 0 aromatic heterocycles. The first-order valence-electron chi connectivity index (χ1n) is 5.55. The molecule has 1 aliphatic heterocycles. The first-order valence-corrected chi connectivity index (χ1v) is 5.55. The predicted octanol–water partition coefficient (Wildman–Crippen LogP) is 1.06. The maximum atomic E-state index is 5.74. The molecule has 0 saturated carbocycles. The van der Waals surface area contributed by atoms with Crippen molar-refractivity contribution in [1.29, 1.82) is 0 Å². The Balaban J connectivity index is 2.86. The second kappa shape index (κ2) is 4.78. The minimum absolute atomic E-state index is 0.0715. The van der Waals surface area contributed by atoms with Crippen LogP contribution in [0.1, 0.15) is 33.6 Å². The molecular weight excluding hydrogens is 192 g/mol. The molecule has 1 aliphatic rings. The Labute approximate surface area is 92.5 Å². The largest absolute Gasteiger partial charge is 0.381 e. The fourth-order valence-electron chi connectivity index (χ4n) is 2.52. The zero-order valence-corrected chi connectivity index (χ0v) is 10.3. The van der Waals surface area contributed by atoms with Gasteiger partial charge in [-0.05, 0) is 5.41 Å². The normalized spacial score (nSPS) is 23.8. The van der Waals surface area contributed by atoms with Crippen molar-refractivity contribution in [1.82, 2.24) is 5.43 Å². The third-order valence-corrected chi connectivity index (χ3v) is 3.30. The van der Waals surface area contributed by atoms with Crippen molar-refractivity contribution in [3.05, 3.63) is 0 Å². The molecule has 0 radical (unpaired) electrons. The summed E-state index contributed by atoms with van der Waals surface area (Å²) in [7, 11) is 1.77. The first-order chi connectivity index (χ1) is 6.96. The van der Waals surface area contributed by atoms with E-state index in [4.69, 9.17) is 15.3 Å². The van der Waals surface area contributed by atoms with Crippen molar-refractivity contribution in [3.8, 4) is 0 Å². The summed E-state index contributed by atoms with van der Waals surface area (Å²) in [6.07, 6.45) is 1.80. The number of nitrogens with two attached hydrogens (primary N) is 1. The van der Waals surface area contributed by atoms with E-state index >= 15 is 0 Å². The summed E-state index contributed by atoms with van der Waals surface area (Å²) < 4.78 is 11.1. The second-order valence-electron chi connectivity index (χ2n) is 5.35.